The number of ether oxygens (including phenoxy) is 2. The van der Waals surface area contributed by atoms with Crippen LogP contribution in [0.2, 0.25) is 0 Å². The van der Waals surface area contributed by atoms with Gasteiger partial charge in [-0.25, -0.2) is 4.79 Å². The van der Waals surface area contributed by atoms with Gasteiger partial charge in [-0.05, 0) is 6.08 Å². The van der Waals surface area contributed by atoms with Crippen molar-refractivity contribution in [1.82, 2.24) is 0 Å². The van der Waals surface area contributed by atoms with E-state index in [1.165, 1.54) is 6.08 Å². The summed E-state index contributed by atoms with van der Waals surface area (Å²) in [5.41, 5.74) is 0. The fourth-order valence-corrected chi connectivity index (χ4v) is 0.459. The highest BCUT2D eigenvalue weighted by molar-refractivity contribution is 5.81. The lowest BCUT2D eigenvalue weighted by atomic mass is 10.5. The van der Waals surface area contributed by atoms with Gasteiger partial charge in [-0.2, -0.15) is 5.26 Å². The number of esters is 2. The summed E-state index contributed by atoms with van der Waals surface area (Å²) in [5, 5.41) is 8.09. The van der Waals surface area contributed by atoms with Crippen LogP contribution < -0.4 is 0 Å². The fraction of sp³-hybridized carbons (Fsp3) is 0.222. The number of nitriles is 1. The Morgan fingerprint density at radius 2 is 2.21 bits per heavy atom. The summed E-state index contributed by atoms with van der Waals surface area (Å²) in [5.74, 6) is -1.21. The summed E-state index contributed by atoms with van der Waals surface area (Å²) in [6.45, 7) is 3.18. The second kappa shape index (κ2) is 7.55. The number of nitrogens with zero attached hydrogens (tertiary/aromatic N) is 1. The van der Waals surface area contributed by atoms with E-state index in [1.807, 2.05) is 0 Å². The lowest BCUT2D eigenvalue weighted by Gasteiger charge is -1.95. The molecule has 0 spiro atoms. The fourth-order valence-electron chi connectivity index (χ4n) is 0.459. The molecule has 5 heteroatoms. The number of hydrogen-bond donors (Lipinski definition) is 0. The van der Waals surface area contributed by atoms with Crippen LogP contribution in [0, 0.1) is 11.3 Å². The number of carbonyl (C=O) groups is 2. The summed E-state index contributed by atoms with van der Waals surface area (Å²) >= 11 is 0. The van der Waals surface area contributed by atoms with E-state index in [-0.39, 0.29) is 13.0 Å². The first-order chi connectivity index (χ1) is 6.70. The van der Waals surface area contributed by atoms with E-state index in [2.05, 4.69) is 16.1 Å². The monoisotopic (exact) mass is 195 g/mol. The van der Waals surface area contributed by atoms with Gasteiger partial charge in [0, 0.05) is 6.08 Å². The first-order valence-corrected chi connectivity index (χ1v) is 3.71. The molecule has 0 saturated heterocycles. The molecule has 74 valence electrons. The number of rotatable bonds is 5. The zero-order chi connectivity index (χ0) is 10.8. The number of hydrogen-bond acceptors (Lipinski definition) is 5. The van der Waals surface area contributed by atoms with Gasteiger partial charge in [-0.1, -0.05) is 6.58 Å². The van der Waals surface area contributed by atoms with Crippen LogP contribution in [-0.4, -0.2) is 18.5 Å². The normalized spacial score (nSPS) is 9.07. The molecular weight excluding hydrogens is 186 g/mol. The lowest BCUT2D eigenvalue weighted by molar-refractivity contribution is -0.136. The minimum Gasteiger partial charge on any atom is -0.458 e. The molecule has 0 fully saturated rings. The first kappa shape index (κ1) is 11.9. The Bertz CT molecular complexity index is 288. The van der Waals surface area contributed by atoms with Crippen molar-refractivity contribution in [3.8, 4) is 6.07 Å². The molecular formula is C9H9NO4. The highest BCUT2D eigenvalue weighted by Gasteiger charge is 1.97. The zero-order valence-corrected chi connectivity index (χ0v) is 7.43. The average Bonchev–Trinajstić information content (AvgIpc) is 2.17. The molecule has 14 heavy (non-hydrogen) atoms. The van der Waals surface area contributed by atoms with Gasteiger partial charge in [0.15, 0.2) is 0 Å². The molecule has 0 N–H and O–H groups in total. The van der Waals surface area contributed by atoms with E-state index in [0.717, 1.165) is 12.3 Å². The van der Waals surface area contributed by atoms with E-state index in [1.54, 1.807) is 6.07 Å². The van der Waals surface area contributed by atoms with Crippen LogP contribution in [0.5, 0.6) is 0 Å². The van der Waals surface area contributed by atoms with E-state index >= 15 is 0 Å². The van der Waals surface area contributed by atoms with Crippen LogP contribution in [0.4, 0.5) is 0 Å². The molecule has 5 nitrogen and oxygen atoms in total. The molecule has 0 aliphatic carbocycles. The second-order valence-corrected chi connectivity index (χ2v) is 2.03. The van der Waals surface area contributed by atoms with Crippen LogP contribution in [0.25, 0.3) is 0 Å². The third-order valence-electron chi connectivity index (χ3n) is 1.01. The highest BCUT2D eigenvalue weighted by atomic mass is 16.5. The van der Waals surface area contributed by atoms with Crippen molar-refractivity contribution >= 4 is 11.9 Å². The van der Waals surface area contributed by atoms with Gasteiger partial charge in [-0.15, -0.1) is 0 Å². The molecule has 0 aromatic heterocycles. The molecule has 0 bridgehead atoms. The zero-order valence-electron chi connectivity index (χ0n) is 7.43. The first-order valence-electron chi connectivity index (χ1n) is 3.71. The Morgan fingerprint density at radius 3 is 2.79 bits per heavy atom. The quantitative estimate of drug-likeness (QED) is 0.366. The molecule has 0 heterocycles. The molecule has 0 rings (SSSR count). The van der Waals surface area contributed by atoms with Gasteiger partial charge in [0.1, 0.15) is 13.0 Å². The third-order valence-corrected chi connectivity index (χ3v) is 1.01. The summed E-state index contributed by atoms with van der Waals surface area (Å²) < 4.78 is 8.97. The average molecular weight is 195 g/mol. The van der Waals surface area contributed by atoms with E-state index in [0.29, 0.717) is 0 Å². The summed E-state index contributed by atoms with van der Waals surface area (Å²) in [4.78, 5) is 21.1. The topological polar surface area (TPSA) is 76.4 Å². The van der Waals surface area contributed by atoms with Crippen molar-refractivity contribution in [3.63, 3.8) is 0 Å². The molecule has 0 aliphatic heterocycles. The smallest absolute Gasteiger partial charge is 0.330 e. The van der Waals surface area contributed by atoms with Crippen LogP contribution >= 0.6 is 0 Å². The maximum Gasteiger partial charge on any atom is 0.330 e. The molecule has 0 unspecified atom stereocenters. The minimum atomic E-state index is -0.654. The Morgan fingerprint density at radius 1 is 1.50 bits per heavy atom. The van der Waals surface area contributed by atoms with Crippen molar-refractivity contribution in [2.45, 2.75) is 6.42 Å². The summed E-state index contributed by atoms with van der Waals surface area (Å²) in [6.07, 6.45) is 3.11. The third kappa shape index (κ3) is 6.61. The van der Waals surface area contributed by atoms with Gasteiger partial charge in [0.05, 0.1) is 12.3 Å². The predicted octanol–water partition coefficient (Wildman–Crippen LogP) is 0.686. The standard InChI is InChI=1S/C9H9NO4/c1-2-8(11)13-6-3-7-14-9(12)4-5-10/h2-3,7H,1,4,6H2. The van der Waals surface area contributed by atoms with Gasteiger partial charge >= 0.3 is 11.9 Å². The molecule has 0 aliphatic rings. The van der Waals surface area contributed by atoms with Crippen molar-refractivity contribution in [1.29, 1.82) is 5.26 Å². The Hall–Kier alpha value is -2.09. The van der Waals surface area contributed by atoms with Crippen molar-refractivity contribution in [3.05, 3.63) is 25.0 Å². The van der Waals surface area contributed by atoms with Gasteiger partial charge in [0.2, 0.25) is 0 Å². The number of carbonyl (C=O) groups excluding carboxylic acids is 2. The summed E-state index contributed by atoms with van der Waals surface area (Å²) in [6, 6.07) is 1.63. The van der Waals surface area contributed by atoms with Gasteiger partial charge in [-0.3, -0.25) is 4.79 Å². The van der Waals surface area contributed by atoms with Crippen LogP contribution in [0.1, 0.15) is 6.42 Å². The predicted molar refractivity (Wildman–Crippen MR) is 46.6 cm³/mol. The molecule has 0 radical (unpaired) electrons. The molecule has 0 atom stereocenters. The van der Waals surface area contributed by atoms with Crippen LogP contribution in [-0.2, 0) is 19.1 Å². The summed E-state index contributed by atoms with van der Waals surface area (Å²) in [7, 11) is 0. The van der Waals surface area contributed by atoms with Gasteiger partial charge in [0.25, 0.3) is 0 Å². The second-order valence-electron chi connectivity index (χ2n) is 2.03. The lowest BCUT2D eigenvalue weighted by Crippen LogP contribution is -2.00. The van der Waals surface area contributed by atoms with Crippen molar-refractivity contribution in [2.24, 2.45) is 0 Å². The van der Waals surface area contributed by atoms with E-state index in [9.17, 15) is 9.59 Å². The minimum absolute atomic E-state index is 0.00924. The van der Waals surface area contributed by atoms with Crippen molar-refractivity contribution in [2.75, 3.05) is 6.61 Å². The highest BCUT2D eigenvalue weighted by Crippen LogP contribution is 1.87. The van der Waals surface area contributed by atoms with E-state index in [4.69, 9.17) is 5.26 Å². The molecule has 0 aromatic carbocycles. The maximum atomic E-state index is 10.6. The van der Waals surface area contributed by atoms with Crippen LogP contribution in [0.3, 0.4) is 0 Å². The maximum absolute atomic E-state index is 10.6. The molecule has 0 aromatic rings. The largest absolute Gasteiger partial charge is 0.458 e. The van der Waals surface area contributed by atoms with Gasteiger partial charge < -0.3 is 9.47 Å². The van der Waals surface area contributed by atoms with Crippen molar-refractivity contribution < 1.29 is 19.1 Å². The van der Waals surface area contributed by atoms with E-state index < -0.39 is 11.9 Å². The Labute approximate surface area is 81.2 Å². The molecule has 0 saturated carbocycles. The van der Waals surface area contributed by atoms with Crippen LogP contribution in [0.15, 0.2) is 25.0 Å². The Kier molecular flexibility index (Phi) is 6.43. The molecule has 0 amide bonds. The Balaban J connectivity index is 3.55. The SMILES string of the molecule is C=CC(=O)OCC=COC(=O)CC#N.